The Morgan fingerprint density at radius 3 is 2.75 bits per heavy atom. The second-order valence-electron chi connectivity index (χ2n) is 14.1. The van der Waals surface area contributed by atoms with Crippen LogP contribution in [0.4, 0.5) is 8.78 Å². The highest BCUT2D eigenvalue weighted by Crippen LogP contribution is 2.48. The van der Waals surface area contributed by atoms with Gasteiger partial charge in [-0.3, -0.25) is 19.1 Å². The predicted octanol–water partition coefficient (Wildman–Crippen LogP) is 4.50. The van der Waals surface area contributed by atoms with Gasteiger partial charge >= 0.3 is 5.97 Å². The maximum Gasteiger partial charge on any atom is 0.308 e. The number of ether oxygens (including phenoxy) is 1. The van der Waals surface area contributed by atoms with E-state index < -0.39 is 11.9 Å². The molecule has 2 saturated carbocycles. The first-order valence-corrected chi connectivity index (χ1v) is 18.0. The van der Waals surface area contributed by atoms with Crippen LogP contribution in [0.1, 0.15) is 75.4 Å². The predicted molar refractivity (Wildman–Crippen MR) is 168 cm³/mol. The highest BCUT2D eigenvalue weighted by Gasteiger charge is 2.52. The molecule has 10 atom stereocenters. The molecule has 0 bridgehead atoms. The first kappa shape index (κ1) is 32.7. The van der Waals surface area contributed by atoms with Crippen molar-refractivity contribution in [1.29, 1.82) is 0 Å². The highest BCUT2D eigenvalue weighted by molar-refractivity contribution is 8.00. The third-order valence-corrected chi connectivity index (χ3v) is 13.3. The lowest BCUT2D eigenvalue weighted by atomic mass is 9.70. The molecule has 6 rings (SSSR count). The van der Waals surface area contributed by atoms with Gasteiger partial charge in [0.05, 0.1) is 30.9 Å². The Balaban J connectivity index is 1.13. The molecule has 0 amide bonds. The molecule has 246 valence electrons. The van der Waals surface area contributed by atoms with Crippen molar-refractivity contribution >= 4 is 29.3 Å². The summed E-state index contributed by atoms with van der Waals surface area (Å²) in [7, 11) is 1.93. The standard InChI is InChI=1S/C32H47ClF2N4O4S/c1-17-12-23(29-28(36-17)25(16-44-29)31(41)42)22-13-19(33)4-7-27(22)43-11-10-39-18(2)37-26-6-5-20(14-24(26)30(39)40)38(3)21-8-9-32(34,35)15-21/h17,19-23,25,27-29,36H,4-16H2,1-3H3,(H,41,42)/t17?,19?,20-,21?,22?,23?,25?,27?,28?,29?/m1/s1. The Labute approximate surface area is 268 Å². The van der Waals surface area contributed by atoms with Gasteiger partial charge in [0, 0.05) is 59.0 Å². The molecule has 0 aromatic carbocycles. The molecule has 8 nitrogen and oxygen atoms in total. The van der Waals surface area contributed by atoms with Crippen LogP contribution in [0.25, 0.3) is 0 Å². The number of hydrogen-bond donors (Lipinski definition) is 2. The van der Waals surface area contributed by atoms with Crippen LogP contribution in [0, 0.1) is 24.7 Å². The summed E-state index contributed by atoms with van der Waals surface area (Å²) in [5.41, 5.74) is 1.52. The number of aromatic nitrogens is 2. The van der Waals surface area contributed by atoms with Crippen molar-refractivity contribution in [2.75, 3.05) is 19.4 Å². The molecule has 1 aromatic rings. The van der Waals surface area contributed by atoms with E-state index in [2.05, 4.69) is 17.1 Å². The fourth-order valence-corrected chi connectivity index (χ4v) is 11.1. The van der Waals surface area contributed by atoms with Crippen molar-refractivity contribution in [3.05, 3.63) is 27.4 Å². The molecule has 0 spiro atoms. The molecule has 9 unspecified atom stereocenters. The van der Waals surface area contributed by atoms with Gasteiger partial charge in [0.15, 0.2) is 0 Å². The minimum atomic E-state index is -2.59. The number of piperidine rings is 1. The number of nitrogens with one attached hydrogen (secondary N) is 1. The fraction of sp³-hybridized carbons (Fsp3) is 0.844. The second-order valence-corrected chi connectivity index (χ2v) is 15.9. The lowest BCUT2D eigenvalue weighted by Crippen LogP contribution is -2.57. The Morgan fingerprint density at radius 1 is 1.23 bits per heavy atom. The van der Waals surface area contributed by atoms with E-state index in [1.807, 2.05) is 14.0 Å². The summed E-state index contributed by atoms with van der Waals surface area (Å²) >= 11 is 8.50. The van der Waals surface area contributed by atoms with Crippen LogP contribution in [-0.2, 0) is 28.9 Å². The fourth-order valence-electron chi connectivity index (χ4n) is 8.90. The topological polar surface area (TPSA) is 96.7 Å². The molecule has 0 radical (unpaired) electrons. The van der Waals surface area contributed by atoms with E-state index in [4.69, 9.17) is 21.3 Å². The maximum atomic E-state index is 13.9. The number of alkyl halides is 3. The minimum Gasteiger partial charge on any atom is -0.481 e. The number of aryl methyl sites for hydroxylation is 2. The first-order chi connectivity index (χ1) is 20.9. The summed E-state index contributed by atoms with van der Waals surface area (Å²) in [6, 6.07) is 0.0880. The highest BCUT2D eigenvalue weighted by atomic mass is 35.5. The number of halogens is 3. The van der Waals surface area contributed by atoms with Crippen molar-refractivity contribution < 1.29 is 23.4 Å². The van der Waals surface area contributed by atoms with Crippen molar-refractivity contribution in [2.24, 2.45) is 17.8 Å². The number of carboxylic acid groups (broad SMARTS) is 1. The summed E-state index contributed by atoms with van der Waals surface area (Å²) in [6.45, 7) is 4.80. The largest absolute Gasteiger partial charge is 0.481 e. The van der Waals surface area contributed by atoms with Crippen LogP contribution in [0.15, 0.2) is 4.79 Å². The van der Waals surface area contributed by atoms with E-state index in [0.717, 1.165) is 37.8 Å². The van der Waals surface area contributed by atoms with Crippen molar-refractivity contribution in [2.45, 2.75) is 131 Å². The summed E-state index contributed by atoms with van der Waals surface area (Å²) < 4.78 is 36.1. The van der Waals surface area contributed by atoms with Crippen LogP contribution in [-0.4, -0.2) is 91.8 Å². The van der Waals surface area contributed by atoms with Crippen LogP contribution >= 0.6 is 23.4 Å². The zero-order valence-electron chi connectivity index (χ0n) is 26.0. The first-order valence-electron chi connectivity index (χ1n) is 16.5. The van der Waals surface area contributed by atoms with E-state index in [1.165, 1.54) is 0 Å². The SMILES string of the molecule is Cc1nc2c(c(=O)n1CCOC1CCC(Cl)CC1C1CC(C)NC3C(C(=O)O)CSC13)C[C@H](N(C)C1CCC(F)(F)C1)CC2. The van der Waals surface area contributed by atoms with Crippen molar-refractivity contribution in [1.82, 2.24) is 19.8 Å². The molecule has 2 aliphatic heterocycles. The number of fused-ring (bicyclic) bond motifs is 2. The minimum absolute atomic E-state index is 0.00888. The van der Waals surface area contributed by atoms with Gasteiger partial charge in [-0.25, -0.2) is 13.8 Å². The third kappa shape index (κ3) is 6.60. The Morgan fingerprint density at radius 2 is 2.02 bits per heavy atom. The summed E-state index contributed by atoms with van der Waals surface area (Å²) in [5.74, 6) is -1.84. The van der Waals surface area contributed by atoms with Crippen LogP contribution in [0.2, 0.25) is 0 Å². The van der Waals surface area contributed by atoms with E-state index in [-0.39, 0.29) is 71.1 Å². The average molecular weight is 657 g/mol. The number of carboxylic acids is 1. The number of thioether (sulfide) groups is 1. The van der Waals surface area contributed by atoms with Gasteiger partial charge in [-0.15, -0.1) is 11.6 Å². The second kappa shape index (κ2) is 13.1. The van der Waals surface area contributed by atoms with Crippen LogP contribution < -0.4 is 10.9 Å². The smallest absolute Gasteiger partial charge is 0.308 e. The molecular weight excluding hydrogens is 610 g/mol. The van der Waals surface area contributed by atoms with Crippen LogP contribution in [0.3, 0.4) is 0 Å². The lowest BCUT2D eigenvalue weighted by molar-refractivity contribution is -0.142. The number of nitrogens with zero attached hydrogens (tertiary/aromatic N) is 3. The van der Waals surface area contributed by atoms with Gasteiger partial charge in [-0.2, -0.15) is 11.8 Å². The van der Waals surface area contributed by atoms with E-state index >= 15 is 0 Å². The molecule has 12 heteroatoms. The summed E-state index contributed by atoms with van der Waals surface area (Å²) in [5, 5.41) is 13.7. The van der Waals surface area contributed by atoms with Gasteiger partial charge in [0.25, 0.3) is 5.56 Å². The van der Waals surface area contributed by atoms with Crippen LogP contribution in [0.5, 0.6) is 0 Å². The lowest BCUT2D eigenvalue weighted by Gasteiger charge is -2.47. The third-order valence-electron chi connectivity index (χ3n) is 11.3. The quantitative estimate of drug-likeness (QED) is 0.395. The van der Waals surface area contributed by atoms with Gasteiger partial charge in [0.1, 0.15) is 5.82 Å². The van der Waals surface area contributed by atoms with E-state index in [1.54, 1.807) is 16.3 Å². The van der Waals surface area contributed by atoms with Gasteiger partial charge in [-0.1, -0.05) is 0 Å². The zero-order valence-corrected chi connectivity index (χ0v) is 27.6. The molecule has 5 aliphatic rings. The van der Waals surface area contributed by atoms with Crippen molar-refractivity contribution in [3.63, 3.8) is 0 Å². The number of likely N-dealkylation sites (N-methyl/N-ethyl adjacent to an activating group) is 1. The average Bonchev–Trinajstić information content (AvgIpc) is 3.57. The number of carbonyl (C=O) groups is 1. The molecule has 2 saturated heterocycles. The van der Waals surface area contributed by atoms with Gasteiger partial charge < -0.3 is 15.2 Å². The Hall–Kier alpha value is -1.27. The zero-order chi connectivity index (χ0) is 31.3. The molecule has 3 aliphatic carbocycles. The number of rotatable bonds is 8. The normalized spacial score (nSPS) is 38.4. The molecule has 1 aromatic heterocycles. The molecular formula is C32H47ClF2N4O4S. The summed E-state index contributed by atoms with van der Waals surface area (Å²) in [6.07, 6.45) is 5.92. The summed E-state index contributed by atoms with van der Waals surface area (Å²) in [4.78, 5) is 32.6. The Kier molecular flexibility index (Phi) is 9.72. The molecule has 44 heavy (non-hydrogen) atoms. The number of aliphatic carboxylic acids is 1. The molecule has 4 fully saturated rings. The maximum absolute atomic E-state index is 13.9. The molecule has 3 heterocycles. The number of hydrogen-bond acceptors (Lipinski definition) is 7. The monoisotopic (exact) mass is 656 g/mol. The van der Waals surface area contributed by atoms with Gasteiger partial charge in [-0.05, 0) is 84.1 Å². The van der Waals surface area contributed by atoms with Gasteiger partial charge in [0.2, 0.25) is 5.92 Å². The molecule has 2 N–H and O–H groups in total. The van der Waals surface area contributed by atoms with E-state index in [0.29, 0.717) is 55.5 Å². The van der Waals surface area contributed by atoms with Crippen molar-refractivity contribution in [3.8, 4) is 0 Å². The Bertz CT molecular complexity index is 1290. The van der Waals surface area contributed by atoms with E-state index in [9.17, 15) is 23.5 Å².